The largest absolute Gasteiger partial charge is 0.460 e. The number of rotatable bonds is 4. The third kappa shape index (κ3) is 7.54. The summed E-state index contributed by atoms with van der Waals surface area (Å²) in [5.41, 5.74) is 6.50. The van der Waals surface area contributed by atoms with Gasteiger partial charge in [-0.25, -0.2) is 0 Å². The predicted molar refractivity (Wildman–Crippen MR) is 47.7 cm³/mol. The molecule has 0 bridgehead atoms. The van der Waals surface area contributed by atoms with Gasteiger partial charge in [0.15, 0.2) is 0 Å². The zero-order valence-electron chi connectivity index (χ0n) is 8.14. The van der Waals surface area contributed by atoms with Gasteiger partial charge in [0.25, 0.3) is 0 Å². The zero-order chi connectivity index (χ0) is 9.61. The Balaban J connectivity index is 3.47. The Labute approximate surface area is 74.3 Å². The molecule has 0 atom stereocenters. The van der Waals surface area contributed by atoms with Crippen LogP contribution in [-0.2, 0) is 9.53 Å². The van der Waals surface area contributed by atoms with E-state index in [1.165, 1.54) is 0 Å². The lowest BCUT2D eigenvalue weighted by atomic mass is 10.2. The molecule has 0 aliphatic rings. The molecule has 3 nitrogen and oxygen atoms in total. The van der Waals surface area contributed by atoms with Crippen molar-refractivity contribution in [3.05, 3.63) is 0 Å². The van der Waals surface area contributed by atoms with E-state index in [9.17, 15) is 4.79 Å². The average molecular weight is 172 g/mol. The molecule has 1 N–H and O–H groups in total. The first-order valence-electron chi connectivity index (χ1n) is 4.32. The number of hydrogen-bond donors (Lipinski definition) is 0. The quantitative estimate of drug-likeness (QED) is 0.479. The average Bonchev–Trinajstić information content (AvgIpc) is 1.84. The molecule has 0 aromatic heterocycles. The Morgan fingerprint density at radius 1 is 1.33 bits per heavy atom. The molecule has 0 spiro atoms. The van der Waals surface area contributed by atoms with Gasteiger partial charge in [-0.05, 0) is 33.6 Å². The first kappa shape index (κ1) is 11.4. The second-order valence-corrected chi connectivity index (χ2v) is 3.79. The van der Waals surface area contributed by atoms with Gasteiger partial charge in [0.1, 0.15) is 5.60 Å². The number of hydrogen-bond acceptors (Lipinski definition) is 2. The van der Waals surface area contributed by atoms with Crippen LogP contribution in [0, 0.1) is 0 Å². The summed E-state index contributed by atoms with van der Waals surface area (Å²) in [6, 6.07) is 0. The van der Waals surface area contributed by atoms with Gasteiger partial charge in [0.05, 0.1) is 0 Å². The molecule has 71 valence electrons. The van der Waals surface area contributed by atoms with Crippen molar-refractivity contribution in [1.29, 1.82) is 0 Å². The van der Waals surface area contributed by atoms with E-state index in [0.29, 0.717) is 13.0 Å². The number of carbonyl (C=O) groups excluding carboxylic acids is 1. The molecule has 0 aliphatic heterocycles. The molecule has 0 saturated carbocycles. The van der Waals surface area contributed by atoms with E-state index < -0.39 is 0 Å². The lowest BCUT2D eigenvalue weighted by molar-refractivity contribution is -0.154. The van der Waals surface area contributed by atoms with E-state index in [1.807, 2.05) is 20.8 Å². The smallest absolute Gasteiger partial charge is 0.306 e. The zero-order valence-corrected chi connectivity index (χ0v) is 8.14. The maximum absolute atomic E-state index is 11.1. The van der Waals surface area contributed by atoms with E-state index >= 15 is 0 Å². The van der Waals surface area contributed by atoms with Gasteiger partial charge in [-0.1, -0.05) is 0 Å². The highest BCUT2D eigenvalue weighted by Crippen LogP contribution is 2.09. The maximum atomic E-state index is 11.1. The van der Waals surface area contributed by atoms with Crippen LogP contribution in [0.4, 0.5) is 0 Å². The lowest BCUT2D eigenvalue weighted by Gasteiger charge is -2.19. The van der Waals surface area contributed by atoms with Crippen molar-refractivity contribution >= 4 is 5.97 Å². The van der Waals surface area contributed by atoms with Crippen molar-refractivity contribution in [3.8, 4) is 0 Å². The standard InChI is InChI=1S/C9H18NO2/c1-9(2,3)12-8(11)6-4-5-7-10/h10H,4-7H2,1-3H3. The van der Waals surface area contributed by atoms with Gasteiger partial charge < -0.3 is 4.74 Å². The van der Waals surface area contributed by atoms with Crippen molar-refractivity contribution in [3.63, 3.8) is 0 Å². The van der Waals surface area contributed by atoms with Crippen molar-refractivity contribution < 1.29 is 9.53 Å². The molecular formula is C9H18NO2. The lowest BCUT2D eigenvalue weighted by Crippen LogP contribution is -2.23. The van der Waals surface area contributed by atoms with E-state index in [-0.39, 0.29) is 11.6 Å². The Morgan fingerprint density at radius 2 is 1.92 bits per heavy atom. The summed E-state index contributed by atoms with van der Waals surface area (Å²) in [5.74, 6) is -0.157. The van der Waals surface area contributed by atoms with Gasteiger partial charge >= 0.3 is 5.97 Å². The van der Waals surface area contributed by atoms with Crippen LogP contribution in [0.3, 0.4) is 0 Å². The third-order valence-electron chi connectivity index (χ3n) is 1.23. The summed E-state index contributed by atoms with van der Waals surface area (Å²) >= 11 is 0. The normalized spacial score (nSPS) is 11.3. The summed E-state index contributed by atoms with van der Waals surface area (Å²) in [6.45, 7) is 5.96. The van der Waals surface area contributed by atoms with Crippen LogP contribution in [0.2, 0.25) is 0 Å². The molecule has 0 unspecified atom stereocenters. The van der Waals surface area contributed by atoms with Gasteiger partial charge in [-0.2, -0.15) is 0 Å². The summed E-state index contributed by atoms with van der Waals surface area (Å²) in [6.07, 6.45) is 1.98. The van der Waals surface area contributed by atoms with Crippen LogP contribution >= 0.6 is 0 Å². The number of ether oxygens (including phenoxy) is 1. The van der Waals surface area contributed by atoms with E-state index in [4.69, 9.17) is 10.5 Å². The van der Waals surface area contributed by atoms with Gasteiger partial charge in [-0.15, -0.1) is 0 Å². The molecule has 12 heavy (non-hydrogen) atoms. The maximum Gasteiger partial charge on any atom is 0.306 e. The van der Waals surface area contributed by atoms with Gasteiger partial charge in [-0.3, -0.25) is 10.5 Å². The molecule has 0 aliphatic carbocycles. The van der Waals surface area contributed by atoms with Gasteiger partial charge in [0, 0.05) is 13.0 Å². The Bertz CT molecular complexity index is 138. The highest BCUT2D eigenvalue weighted by Gasteiger charge is 2.15. The second kappa shape index (κ2) is 5.14. The van der Waals surface area contributed by atoms with E-state index in [1.54, 1.807) is 0 Å². The SMILES string of the molecule is CC(C)(C)OC(=O)CCCC[NH]. The topological polar surface area (TPSA) is 50.1 Å². The highest BCUT2D eigenvalue weighted by atomic mass is 16.6. The Hall–Kier alpha value is -0.570. The Kier molecular flexibility index (Phi) is 4.90. The van der Waals surface area contributed by atoms with Crippen LogP contribution in [0.1, 0.15) is 40.0 Å². The van der Waals surface area contributed by atoms with Gasteiger partial charge in [0.2, 0.25) is 0 Å². The van der Waals surface area contributed by atoms with Crippen LogP contribution < -0.4 is 5.73 Å². The first-order valence-corrected chi connectivity index (χ1v) is 4.32. The van der Waals surface area contributed by atoms with Crippen molar-refractivity contribution in [2.24, 2.45) is 0 Å². The molecule has 3 heteroatoms. The fourth-order valence-electron chi connectivity index (χ4n) is 0.787. The monoisotopic (exact) mass is 172 g/mol. The molecule has 0 amide bonds. The fourth-order valence-corrected chi connectivity index (χ4v) is 0.787. The highest BCUT2D eigenvalue weighted by molar-refractivity contribution is 5.69. The predicted octanol–water partition coefficient (Wildman–Crippen LogP) is 1.78. The molecule has 0 aromatic rings. The van der Waals surface area contributed by atoms with Crippen LogP contribution in [-0.4, -0.2) is 18.1 Å². The minimum absolute atomic E-state index is 0.157. The first-order chi connectivity index (χ1) is 5.45. The third-order valence-corrected chi connectivity index (χ3v) is 1.23. The number of unbranched alkanes of at least 4 members (excludes halogenated alkanes) is 1. The summed E-state index contributed by atoms with van der Waals surface area (Å²) in [7, 11) is 0. The molecule has 1 radical (unpaired) electrons. The van der Waals surface area contributed by atoms with Crippen LogP contribution in [0.5, 0.6) is 0 Å². The van der Waals surface area contributed by atoms with Crippen molar-refractivity contribution in [2.45, 2.75) is 45.6 Å². The molecular weight excluding hydrogens is 154 g/mol. The van der Waals surface area contributed by atoms with E-state index in [0.717, 1.165) is 12.8 Å². The molecule has 0 aromatic carbocycles. The summed E-state index contributed by atoms with van der Waals surface area (Å²) < 4.78 is 5.08. The molecule has 0 heterocycles. The minimum atomic E-state index is -0.377. The van der Waals surface area contributed by atoms with E-state index in [2.05, 4.69) is 0 Å². The van der Waals surface area contributed by atoms with Crippen molar-refractivity contribution in [1.82, 2.24) is 5.73 Å². The number of carbonyl (C=O) groups is 1. The molecule has 0 saturated heterocycles. The van der Waals surface area contributed by atoms with Crippen LogP contribution in [0.15, 0.2) is 0 Å². The van der Waals surface area contributed by atoms with Crippen molar-refractivity contribution in [2.75, 3.05) is 6.54 Å². The minimum Gasteiger partial charge on any atom is -0.460 e. The molecule has 0 fully saturated rings. The number of esters is 1. The fraction of sp³-hybridized carbons (Fsp3) is 0.889. The number of nitrogens with one attached hydrogen (secondary N) is 1. The molecule has 0 rings (SSSR count). The summed E-state index contributed by atoms with van der Waals surface area (Å²) in [4.78, 5) is 11.1. The second-order valence-electron chi connectivity index (χ2n) is 3.79. The van der Waals surface area contributed by atoms with Crippen LogP contribution in [0.25, 0.3) is 0 Å². The summed E-state index contributed by atoms with van der Waals surface area (Å²) in [5, 5.41) is 0. The Morgan fingerprint density at radius 3 is 2.33 bits per heavy atom.